The Labute approximate surface area is 248 Å². The van der Waals surface area contributed by atoms with Gasteiger partial charge in [-0.15, -0.1) is 0 Å². The van der Waals surface area contributed by atoms with Crippen LogP contribution in [0.1, 0.15) is 44.6 Å². The zero-order valence-corrected chi connectivity index (χ0v) is 24.1. The molecule has 6 rings (SSSR count). The van der Waals surface area contributed by atoms with Crippen molar-refractivity contribution in [3.63, 3.8) is 0 Å². The molecule has 0 unspecified atom stereocenters. The lowest BCUT2D eigenvalue weighted by Gasteiger charge is -2.49. The van der Waals surface area contributed by atoms with Crippen molar-refractivity contribution in [2.45, 2.75) is 39.0 Å². The van der Waals surface area contributed by atoms with Crippen LogP contribution in [0.25, 0.3) is 0 Å². The van der Waals surface area contributed by atoms with E-state index in [1.165, 1.54) is 17.0 Å². The number of hydrogen-bond acceptors (Lipinski definition) is 6. The molecule has 42 heavy (non-hydrogen) atoms. The first-order valence-electron chi connectivity index (χ1n) is 14.4. The lowest BCUT2D eigenvalue weighted by atomic mass is 9.51. The van der Waals surface area contributed by atoms with Crippen molar-refractivity contribution in [1.82, 2.24) is 4.90 Å². The van der Waals surface area contributed by atoms with Crippen molar-refractivity contribution in [2.75, 3.05) is 24.7 Å². The standard InChI is InChI=1S/C32H32ClFN2O6/c1-3-12-35-28(38)21-10-9-20-22(26(21)30(35)40)16-23-29(39)36(18-6-11-25(34)24(33)15-18)31(41)32(23,2)27(20)17-4-7-19(8-5-17)42-14-13-37/h4-9,11,15,21-23,26-27,37H,3,10,12-14,16H2,1-2H3/t21-,22+,23-,26-,27-,32+/m0/s1. The molecule has 4 aliphatic rings. The van der Waals surface area contributed by atoms with Gasteiger partial charge in [0.1, 0.15) is 18.2 Å². The summed E-state index contributed by atoms with van der Waals surface area (Å²) in [7, 11) is 0. The number of anilines is 1. The molecule has 8 nitrogen and oxygen atoms in total. The molecular formula is C32H32ClFN2O6. The number of allylic oxidation sites excluding steroid dienone is 2. The maximum Gasteiger partial charge on any atom is 0.241 e. The fourth-order valence-electron chi connectivity index (χ4n) is 7.69. The van der Waals surface area contributed by atoms with Crippen molar-refractivity contribution in [1.29, 1.82) is 0 Å². The van der Waals surface area contributed by atoms with Gasteiger partial charge in [-0.2, -0.15) is 0 Å². The van der Waals surface area contributed by atoms with Crippen molar-refractivity contribution in [3.05, 3.63) is 70.5 Å². The van der Waals surface area contributed by atoms with E-state index in [1.807, 2.05) is 25.1 Å². The predicted octanol–water partition coefficient (Wildman–Crippen LogP) is 4.49. The van der Waals surface area contributed by atoms with Crippen LogP contribution in [0.5, 0.6) is 5.75 Å². The molecule has 6 atom stereocenters. The molecule has 2 aliphatic heterocycles. The fraction of sp³-hybridized carbons (Fsp3) is 0.438. The van der Waals surface area contributed by atoms with Gasteiger partial charge in [-0.25, -0.2) is 9.29 Å². The third-order valence-corrected chi connectivity index (χ3v) is 9.84. The number of aliphatic hydroxyl groups excluding tert-OH is 1. The second kappa shape index (κ2) is 10.6. The van der Waals surface area contributed by atoms with Crippen molar-refractivity contribution >= 4 is 40.9 Å². The molecule has 2 aromatic rings. The van der Waals surface area contributed by atoms with E-state index in [-0.39, 0.29) is 42.2 Å². The highest BCUT2D eigenvalue weighted by molar-refractivity contribution is 6.31. The highest BCUT2D eigenvalue weighted by atomic mass is 35.5. The van der Waals surface area contributed by atoms with Gasteiger partial charge in [0.25, 0.3) is 0 Å². The minimum absolute atomic E-state index is 0.130. The van der Waals surface area contributed by atoms with E-state index in [9.17, 15) is 23.6 Å². The Morgan fingerprint density at radius 3 is 2.45 bits per heavy atom. The van der Waals surface area contributed by atoms with Gasteiger partial charge in [-0.3, -0.25) is 24.1 Å². The molecule has 0 spiro atoms. The first kappa shape index (κ1) is 28.6. The lowest BCUT2D eigenvalue weighted by Crippen LogP contribution is -2.48. The summed E-state index contributed by atoms with van der Waals surface area (Å²) in [6, 6.07) is 11.0. The topological polar surface area (TPSA) is 104 Å². The molecule has 0 radical (unpaired) electrons. The summed E-state index contributed by atoms with van der Waals surface area (Å²) in [6.07, 6.45) is 3.28. The number of nitrogens with zero attached hydrogens (tertiary/aromatic N) is 2. The number of hydrogen-bond donors (Lipinski definition) is 1. The lowest BCUT2D eigenvalue weighted by molar-refractivity contribution is -0.140. The van der Waals surface area contributed by atoms with E-state index in [1.54, 1.807) is 19.1 Å². The number of fused-ring (bicyclic) bond motifs is 4. The first-order chi connectivity index (χ1) is 20.1. The molecule has 10 heteroatoms. The molecule has 2 saturated heterocycles. The van der Waals surface area contributed by atoms with Gasteiger partial charge in [-0.1, -0.05) is 42.3 Å². The Balaban J connectivity index is 1.47. The van der Waals surface area contributed by atoms with Gasteiger partial charge >= 0.3 is 0 Å². The number of rotatable bonds is 7. The van der Waals surface area contributed by atoms with Crippen LogP contribution in [0.3, 0.4) is 0 Å². The van der Waals surface area contributed by atoms with Crippen molar-refractivity contribution in [2.24, 2.45) is 29.1 Å². The number of amides is 4. The zero-order valence-electron chi connectivity index (χ0n) is 23.4. The van der Waals surface area contributed by atoms with Gasteiger partial charge in [0, 0.05) is 12.5 Å². The summed E-state index contributed by atoms with van der Waals surface area (Å²) in [5.74, 6) is -4.18. The summed E-state index contributed by atoms with van der Waals surface area (Å²) < 4.78 is 19.6. The van der Waals surface area contributed by atoms with Crippen LogP contribution in [0.2, 0.25) is 5.02 Å². The van der Waals surface area contributed by atoms with Crippen molar-refractivity contribution in [3.8, 4) is 5.75 Å². The Morgan fingerprint density at radius 1 is 1.05 bits per heavy atom. The van der Waals surface area contributed by atoms with Gasteiger partial charge in [0.15, 0.2) is 0 Å². The first-order valence-corrected chi connectivity index (χ1v) is 14.7. The summed E-state index contributed by atoms with van der Waals surface area (Å²) in [6.45, 7) is 4.05. The fourth-order valence-corrected chi connectivity index (χ4v) is 7.87. The van der Waals surface area contributed by atoms with Crippen LogP contribution >= 0.6 is 11.6 Å². The average molecular weight is 595 g/mol. The van der Waals surface area contributed by atoms with Crippen molar-refractivity contribution < 1.29 is 33.4 Å². The van der Waals surface area contributed by atoms with Crippen LogP contribution in [-0.2, 0) is 19.2 Å². The second-order valence-electron chi connectivity index (χ2n) is 11.7. The SMILES string of the molecule is CCCN1C(=O)[C@H]2[C@H](CC=C3[C@H]2C[C@H]2C(=O)N(c4ccc(F)c(Cl)c4)C(=O)[C@@]2(C)[C@H]3c2ccc(OCCO)cc2)C1=O. The minimum atomic E-state index is -1.21. The third-order valence-electron chi connectivity index (χ3n) is 9.55. The molecule has 4 amide bonds. The molecule has 0 aromatic heterocycles. The summed E-state index contributed by atoms with van der Waals surface area (Å²) in [4.78, 5) is 57.9. The van der Waals surface area contributed by atoms with E-state index in [0.717, 1.165) is 22.1 Å². The second-order valence-corrected chi connectivity index (χ2v) is 12.1. The highest BCUT2D eigenvalue weighted by Crippen LogP contribution is 2.63. The molecule has 2 aliphatic carbocycles. The van der Waals surface area contributed by atoms with Crippen LogP contribution in [0.4, 0.5) is 10.1 Å². The van der Waals surface area contributed by atoms with Gasteiger partial charge in [0.2, 0.25) is 23.6 Å². The molecule has 220 valence electrons. The monoisotopic (exact) mass is 594 g/mol. The Hall–Kier alpha value is -3.56. The molecule has 2 aromatic carbocycles. The van der Waals surface area contributed by atoms with E-state index in [2.05, 4.69) is 0 Å². The van der Waals surface area contributed by atoms with Crippen LogP contribution in [0, 0.1) is 34.9 Å². The number of benzene rings is 2. The van der Waals surface area contributed by atoms with Gasteiger partial charge in [0.05, 0.1) is 40.5 Å². The average Bonchev–Trinajstić information content (AvgIpc) is 3.33. The summed E-state index contributed by atoms with van der Waals surface area (Å²) in [5, 5.41) is 8.93. The molecule has 0 bridgehead atoms. The van der Waals surface area contributed by atoms with E-state index in [4.69, 9.17) is 21.4 Å². The smallest absolute Gasteiger partial charge is 0.241 e. The Morgan fingerprint density at radius 2 is 1.79 bits per heavy atom. The number of carbonyl (C=O) groups excluding carboxylic acids is 4. The number of likely N-dealkylation sites (tertiary alicyclic amines) is 1. The largest absolute Gasteiger partial charge is 0.491 e. The van der Waals surface area contributed by atoms with E-state index in [0.29, 0.717) is 25.1 Å². The van der Waals surface area contributed by atoms with E-state index >= 15 is 0 Å². The summed E-state index contributed by atoms with van der Waals surface area (Å²) in [5.41, 5.74) is 0.638. The van der Waals surface area contributed by atoms with Crippen LogP contribution in [-0.4, -0.2) is 53.4 Å². The Bertz CT molecular complexity index is 1510. The Kier molecular flexibility index (Phi) is 7.22. The van der Waals surface area contributed by atoms with Crippen LogP contribution in [0.15, 0.2) is 54.1 Å². The summed E-state index contributed by atoms with van der Waals surface area (Å²) >= 11 is 6.05. The maximum absolute atomic E-state index is 14.4. The molecule has 1 N–H and O–H groups in total. The van der Waals surface area contributed by atoms with E-state index < -0.39 is 52.6 Å². The third kappa shape index (κ3) is 4.12. The van der Waals surface area contributed by atoms with Gasteiger partial charge < -0.3 is 9.84 Å². The molecule has 2 heterocycles. The predicted molar refractivity (Wildman–Crippen MR) is 152 cm³/mol. The highest BCUT2D eigenvalue weighted by Gasteiger charge is 2.67. The van der Waals surface area contributed by atoms with Crippen LogP contribution < -0.4 is 9.64 Å². The molecule has 3 fully saturated rings. The normalized spacial score (nSPS) is 30.3. The number of ether oxygens (including phenoxy) is 1. The number of carbonyl (C=O) groups is 4. The zero-order chi connectivity index (χ0) is 29.9. The number of aliphatic hydroxyl groups is 1. The maximum atomic E-state index is 14.4. The minimum Gasteiger partial charge on any atom is -0.491 e. The number of imide groups is 2. The molecular weight excluding hydrogens is 563 g/mol. The molecule has 1 saturated carbocycles. The number of halogens is 2. The van der Waals surface area contributed by atoms with Gasteiger partial charge in [-0.05, 0) is 68.0 Å². The quantitative estimate of drug-likeness (QED) is 0.374.